The number of carbonyl (C=O) groups excluding carboxylic acids is 1. The quantitative estimate of drug-likeness (QED) is 0.598. The number of amides is 1. The lowest BCUT2D eigenvalue weighted by atomic mass is 10.1. The van der Waals surface area contributed by atoms with Gasteiger partial charge in [-0.05, 0) is 56.5 Å². The Kier molecular flexibility index (Phi) is 8.37. The zero-order valence-electron chi connectivity index (χ0n) is 18.3. The predicted molar refractivity (Wildman–Crippen MR) is 120 cm³/mol. The number of hydrogen-bond donors (Lipinski definition) is 2. The normalized spacial score (nSPS) is 11.7. The van der Waals surface area contributed by atoms with Gasteiger partial charge in [0.25, 0.3) is 5.91 Å². The Hall–Kier alpha value is -2.45. The molecule has 1 aromatic carbocycles. The highest BCUT2D eigenvalue weighted by molar-refractivity contribution is 7.89. The van der Waals surface area contributed by atoms with Gasteiger partial charge in [-0.15, -0.1) is 0 Å². The fourth-order valence-corrected chi connectivity index (χ4v) is 4.13. The maximum atomic E-state index is 12.4. The Labute approximate surface area is 180 Å². The summed E-state index contributed by atoms with van der Waals surface area (Å²) in [6, 6.07) is 10.7. The average Bonchev–Trinajstić information content (AvgIpc) is 2.75. The summed E-state index contributed by atoms with van der Waals surface area (Å²) < 4.78 is 27.5. The van der Waals surface area contributed by atoms with Crippen LogP contribution < -0.4 is 10.0 Å². The molecule has 0 aliphatic heterocycles. The highest BCUT2D eigenvalue weighted by Crippen LogP contribution is 2.14. The van der Waals surface area contributed by atoms with Crippen LogP contribution in [0.2, 0.25) is 0 Å². The number of anilines is 1. The summed E-state index contributed by atoms with van der Waals surface area (Å²) in [4.78, 5) is 18.4. The Bertz CT molecular complexity index is 922. The second-order valence-electron chi connectivity index (χ2n) is 7.57. The number of pyridine rings is 1. The topological polar surface area (TPSA) is 91.4 Å². The highest BCUT2D eigenvalue weighted by atomic mass is 32.2. The summed E-state index contributed by atoms with van der Waals surface area (Å²) in [5.41, 5.74) is 1.64. The van der Waals surface area contributed by atoms with E-state index in [1.165, 1.54) is 6.20 Å². The van der Waals surface area contributed by atoms with Crippen LogP contribution in [0.3, 0.4) is 0 Å². The molecule has 2 aromatic rings. The van der Waals surface area contributed by atoms with Crippen LogP contribution >= 0.6 is 0 Å². The summed E-state index contributed by atoms with van der Waals surface area (Å²) in [7, 11) is -1.78. The molecule has 0 unspecified atom stereocenters. The molecule has 164 valence electrons. The van der Waals surface area contributed by atoms with E-state index < -0.39 is 10.0 Å². The number of nitrogens with zero attached hydrogens (tertiary/aromatic N) is 2. The Morgan fingerprint density at radius 3 is 2.20 bits per heavy atom. The monoisotopic (exact) mass is 432 g/mol. The zero-order chi connectivity index (χ0) is 22.3. The lowest BCUT2D eigenvalue weighted by molar-refractivity contribution is 0.0755. The zero-order valence-corrected chi connectivity index (χ0v) is 19.2. The summed E-state index contributed by atoms with van der Waals surface area (Å²) >= 11 is 0. The number of hydrogen-bond acceptors (Lipinski definition) is 5. The van der Waals surface area contributed by atoms with E-state index in [1.807, 2.05) is 52.0 Å². The molecule has 2 rings (SSSR count). The molecule has 0 aliphatic carbocycles. The van der Waals surface area contributed by atoms with Crippen LogP contribution in [0.4, 0.5) is 5.82 Å². The summed E-state index contributed by atoms with van der Waals surface area (Å²) in [5.74, 6) is 0.571. The van der Waals surface area contributed by atoms with Crippen LogP contribution in [0.1, 0.15) is 56.5 Å². The molecule has 2 N–H and O–H groups in total. The van der Waals surface area contributed by atoms with E-state index in [0.717, 1.165) is 18.4 Å². The second kappa shape index (κ2) is 10.5. The van der Waals surface area contributed by atoms with E-state index in [9.17, 15) is 13.2 Å². The molecule has 0 bridgehead atoms. The van der Waals surface area contributed by atoms with Crippen LogP contribution in [0.15, 0.2) is 47.5 Å². The molecule has 0 atom stereocenters. The lowest BCUT2D eigenvalue weighted by Gasteiger charge is -2.21. The van der Waals surface area contributed by atoms with Crippen molar-refractivity contribution < 1.29 is 13.2 Å². The first-order chi connectivity index (χ1) is 14.2. The van der Waals surface area contributed by atoms with E-state index in [4.69, 9.17) is 0 Å². The second-order valence-corrected chi connectivity index (χ2v) is 9.29. The molecule has 0 spiro atoms. The lowest BCUT2D eigenvalue weighted by Crippen LogP contribution is -2.33. The molecule has 0 radical (unpaired) electrons. The van der Waals surface area contributed by atoms with Crippen molar-refractivity contribution >= 4 is 21.7 Å². The number of sulfonamides is 1. The SMILES string of the molecule is CCC(CC)NS(=O)(=O)c1ccc(NCc2ccc(C(=O)N(C)C(C)C)cc2)nc1. The Morgan fingerprint density at radius 1 is 1.07 bits per heavy atom. The first kappa shape index (κ1) is 23.8. The summed E-state index contributed by atoms with van der Waals surface area (Å²) in [5, 5.41) is 3.17. The largest absolute Gasteiger partial charge is 0.366 e. The van der Waals surface area contributed by atoms with Gasteiger partial charge in [-0.25, -0.2) is 18.1 Å². The molecule has 0 aliphatic rings. The molecular formula is C22H32N4O3S. The molecule has 0 saturated carbocycles. The summed E-state index contributed by atoms with van der Waals surface area (Å²) in [6.07, 6.45) is 2.83. The minimum atomic E-state index is -3.57. The third-order valence-corrected chi connectivity index (χ3v) is 6.63. The molecule has 7 nitrogen and oxygen atoms in total. The maximum Gasteiger partial charge on any atom is 0.253 e. The first-order valence-corrected chi connectivity index (χ1v) is 11.7. The smallest absolute Gasteiger partial charge is 0.253 e. The maximum absolute atomic E-state index is 12.4. The van der Waals surface area contributed by atoms with Gasteiger partial charge in [0, 0.05) is 37.4 Å². The standard InChI is InChI=1S/C22H32N4O3S/c1-6-19(7-2)25-30(28,29)20-12-13-21(24-15-20)23-14-17-8-10-18(11-9-17)22(27)26(5)16(3)4/h8-13,15-16,19,25H,6-7,14H2,1-5H3,(H,23,24). The summed E-state index contributed by atoms with van der Waals surface area (Å²) in [6.45, 7) is 8.36. The van der Waals surface area contributed by atoms with Gasteiger partial charge in [-0.3, -0.25) is 4.79 Å². The Balaban J connectivity index is 1.98. The van der Waals surface area contributed by atoms with Crippen LogP contribution in [-0.2, 0) is 16.6 Å². The first-order valence-electron chi connectivity index (χ1n) is 10.3. The number of nitrogens with one attached hydrogen (secondary N) is 2. The van der Waals surface area contributed by atoms with Crippen LogP contribution in [-0.4, -0.2) is 43.3 Å². The molecule has 30 heavy (non-hydrogen) atoms. The molecule has 1 heterocycles. The van der Waals surface area contributed by atoms with Crippen molar-refractivity contribution in [2.45, 2.75) is 64.1 Å². The molecule has 0 fully saturated rings. The van der Waals surface area contributed by atoms with Crippen molar-refractivity contribution in [1.29, 1.82) is 0 Å². The highest BCUT2D eigenvalue weighted by Gasteiger charge is 2.18. The van der Waals surface area contributed by atoms with Gasteiger partial charge in [0.15, 0.2) is 0 Å². The predicted octanol–water partition coefficient (Wildman–Crippen LogP) is 3.64. The van der Waals surface area contributed by atoms with Crippen LogP contribution in [0.25, 0.3) is 0 Å². The fourth-order valence-electron chi connectivity index (χ4n) is 2.78. The molecule has 1 amide bonds. The average molecular weight is 433 g/mol. The molecule has 1 aromatic heterocycles. The van der Waals surface area contributed by atoms with Crippen molar-refractivity contribution in [3.05, 3.63) is 53.7 Å². The fraction of sp³-hybridized carbons (Fsp3) is 0.455. The van der Waals surface area contributed by atoms with Crippen LogP contribution in [0.5, 0.6) is 0 Å². The minimum Gasteiger partial charge on any atom is -0.366 e. The number of benzene rings is 1. The molecule has 8 heteroatoms. The third kappa shape index (κ3) is 6.27. The number of aromatic nitrogens is 1. The van der Waals surface area contributed by atoms with Gasteiger partial charge >= 0.3 is 0 Å². The number of carbonyl (C=O) groups is 1. The van der Waals surface area contributed by atoms with Gasteiger partial charge in [0.1, 0.15) is 10.7 Å². The molecular weight excluding hydrogens is 400 g/mol. The molecule has 0 saturated heterocycles. The van der Waals surface area contributed by atoms with E-state index in [1.54, 1.807) is 24.1 Å². The van der Waals surface area contributed by atoms with Crippen molar-refractivity contribution in [3.8, 4) is 0 Å². The number of rotatable bonds is 10. The van der Waals surface area contributed by atoms with E-state index >= 15 is 0 Å². The Morgan fingerprint density at radius 2 is 1.70 bits per heavy atom. The van der Waals surface area contributed by atoms with Gasteiger partial charge in [-0.1, -0.05) is 26.0 Å². The van der Waals surface area contributed by atoms with Gasteiger partial charge < -0.3 is 10.2 Å². The van der Waals surface area contributed by atoms with E-state index in [-0.39, 0.29) is 22.9 Å². The minimum absolute atomic E-state index is 0.00929. The van der Waals surface area contributed by atoms with Gasteiger partial charge in [0.2, 0.25) is 10.0 Å². The van der Waals surface area contributed by atoms with Crippen molar-refractivity contribution in [2.24, 2.45) is 0 Å². The van der Waals surface area contributed by atoms with Gasteiger partial charge in [-0.2, -0.15) is 0 Å². The van der Waals surface area contributed by atoms with Gasteiger partial charge in [0.05, 0.1) is 0 Å². The van der Waals surface area contributed by atoms with Crippen molar-refractivity contribution in [2.75, 3.05) is 12.4 Å². The van der Waals surface area contributed by atoms with Crippen LogP contribution in [0, 0.1) is 0 Å². The third-order valence-electron chi connectivity index (χ3n) is 5.12. The van der Waals surface area contributed by atoms with E-state index in [0.29, 0.717) is 17.9 Å². The van der Waals surface area contributed by atoms with E-state index in [2.05, 4.69) is 15.0 Å². The van der Waals surface area contributed by atoms with Crippen molar-refractivity contribution in [1.82, 2.24) is 14.6 Å². The van der Waals surface area contributed by atoms with Crippen molar-refractivity contribution in [3.63, 3.8) is 0 Å².